The van der Waals surface area contributed by atoms with E-state index in [0.717, 1.165) is 16.7 Å². The minimum Gasteiger partial charge on any atom is -0.258 e. The highest BCUT2D eigenvalue weighted by molar-refractivity contribution is 5.51. The van der Waals surface area contributed by atoms with E-state index in [1.165, 1.54) is 0 Å². The lowest BCUT2D eigenvalue weighted by Crippen LogP contribution is -2.00. The van der Waals surface area contributed by atoms with Crippen molar-refractivity contribution < 1.29 is 4.92 Å². The van der Waals surface area contributed by atoms with Crippen LogP contribution in [0.5, 0.6) is 0 Å². The standard InChI is InChI=1S/C11H15NO2/c1-7(2)10-6-5-8(3)11(9(10)4)12(13)14/h5-7H,1-4H3. The zero-order valence-electron chi connectivity index (χ0n) is 9.00. The van der Waals surface area contributed by atoms with Crippen molar-refractivity contribution in [3.63, 3.8) is 0 Å². The first-order valence-corrected chi connectivity index (χ1v) is 4.69. The van der Waals surface area contributed by atoms with Crippen LogP contribution < -0.4 is 0 Å². The van der Waals surface area contributed by atoms with Crippen LogP contribution in [0.15, 0.2) is 12.1 Å². The van der Waals surface area contributed by atoms with Gasteiger partial charge in [0.05, 0.1) is 4.92 Å². The molecule has 3 nitrogen and oxygen atoms in total. The van der Waals surface area contributed by atoms with E-state index in [0.29, 0.717) is 5.92 Å². The van der Waals surface area contributed by atoms with Crippen molar-refractivity contribution >= 4 is 5.69 Å². The average molecular weight is 193 g/mol. The molecule has 1 aromatic rings. The van der Waals surface area contributed by atoms with Crippen LogP contribution in [0.1, 0.15) is 36.5 Å². The maximum atomic E-state index is 10.8. The molecule has 0 aromatic heterocycles. The van der Waals surface area contributed by atoms with Gasteiger partial charge in [0.1, 0.15) is 0 Å². The van der Waals surface area contributed by atoms with E-state index in [4.69, 9.17) is 0 Å². The van der Waals surface area contributed by atoms with E-state index in [-0.39, 0.29) is 10.6 Å². The fourth-order valence-corrected chi connectivity index (χ4v) is 1.76. The SMILES string of the molecule is Cc1ccc(C(C)C)c(C)c1[N+](=O)[O-]. The molecule has 0 spiro atoms. The molecule has 0 aliphatic heterocycles. The lowest BCUT2D eigenvalue weighted by molar-refractivity contribution is -0.386. The summed E-state index contributed by atoms with van der Waals surface area (Å²) >= 11 is 0. The smallest absolute Gasteiger partial charge is 0.258 e. The van der Waals surface area contributed by atoms with E-state index in [1.54, 1.807) is 6.92 Å². The molecule has 1 rings (SSSR count). The Morgan fingerprint density at radius 3 is 2.29 bits per heavy atom. The molecule has 0 radical (unpaired) electrons. The summed E-state index contributed by atoms with van der Waals surface area (Å²) in [6.07, 6.45) is 0. The minimum absolute atomic E-state index is 0.260. The van der Waals surface area contributed by atoms with Gasteiger partial charge in [-0.25, -0.2) is 0 Å². The fraction of sp³-hybridized carbons (Fsp3) is 0.455. The number of nitrogens with zero attached hydrogens (tertiary/aromatic N) is 1. The highest BCUT2D eigenvalue weighted by atomic mass is 16.6. The molecule has 0 fully saturated rings. The molecule has 0 N–H and O–H groups in total. The number of aryl methyl sites for hydroxylation is 1. The third-order valence-corrected chi connectivity index (χ3v) is 2.48. The molecule has 0 unspecified atom stereocenters. The number of hydrogen-bond donors (Lipinski definition) is 0. The molecule has 0 saturated carbocycles. The third-order valence-electron chi connectivity index (χ3n) is 2.48. The quantitative estimate of drug-likeness (QED) is 0.534. The Kier molecular flexibility index (Phi) is 2.89. The van der Waals surface area contributed by atoms with Crippen LogP contribution in [0, 0.1) is 24.0 Å². The molecule has 0 atom stereocenters. The monoisotopic (exact) mass is 193 g/mol. The highest BCUT2D eigenvalue weighted by Gasteiger charge is 2.18. The van der Waals surface area contributed by atoms with Crippen LogP contribution in [0.4, 0.5) is 5.69 Å². The van der Waals surface area contributed by atoms with E-state index in [2.05, 4.69) is 0 Å². The maximum Gasteiger partial charge on any atom is 0.275 e. The van der Waals surface area contributed by atoms with Crippen LogP contribution in [-0.4, -0.2) is 4.92 Å². The van der Waals surface area contributed by atoms with Gasteiger partial charge in [0.15, 0.2) is 0 Å². The summed E-state index contributed by atoms with van der Waals surface area (Å²) in [6, 6.07) is 3.79. The number of rotatable bonds is 2. The van der Waals surface area contributed by atoms with Gasteiger partial charge in [-0.1, -0.05) is 26.0 Å². The Morgan fingerprint density at radius 2 is 1.86 bits per heavy atom. The van der Waals surface area contributed by atoms with E-state index < -0.39 is 0 Å². The number of nitro benzene ring substituents is 1. The van der Waals surface area contributed by atoms with Crippen molar-refractivity contribution in [3.05, 3.63) is 38.9 Å². The second-order valence-corrected chi connectivity index (χ2v) is 3.86. The molecular formula is C11H15NO2. The van der Waals surface area contributed by atoms with Crippen molar-refractivity contribution in [2.24, 2.45) is 0 Å². The molecular weight excluding hydrogens is 178 g/mol. The highest BCUT2D eigenvalue weighted by Crippen LogP contribution is 2.29. The predicted molar refractivity (Wildman–Crippen MR) is 56.7 cm³/mol. The summed E-state index contributed by atoms with van der Waals surface area (Å²) in [5.74, 6) is 0.328. The first-order valence-electron chi connectivity index (χ1n) is 4.69. The Balaban J connectivity index is 3.41. The number of nitro groups is 1. The Bertz CT molecular complexity index is 370. The van der Waals surface area contributed by atoms with Crippen molar-refractivity contribution in [1.82, 2.24) is 0 Å². The van der Waals surface area contributed by atoms with Crippen molar-refractivity contribution in [2.75, 3.05) is 0 Å². The number of hydrogen-bond acceptors (Lipinski definition) is 2. The number of benzene rings is 1. The molecule has 0 heterocycles. The van der Waals surface area contributed by atoms with Gasteiger partial charge >= 0.3 is 0 Å². The summed E-state index contributed by atoms with van der Waals surface area (Å²) in [5.41, 5.74) is 2.85. The summed E-state index contributed by atoms with van der Waals surface area (Å²) in [6.45, 7) is 7.68. The van der Waals surface area contributed by atoms with Gasteiger partial charge in [0, 0.05) is 11.1 Å². The molecule has 0 saturated heterocycles. The second kappa shape index (κ2) is 3.78. The normalized spacial score (nSPS) is 10.6. The largest absolute Gasteiger partial charge is 0.275 e. The van der Waals surface area contributed by atoms with E-state index >= 15 is 0 Å². The van der Waals surface area contributed by atoms with Crippen LogP contribution in [-0.2, 0) is 0 Å². The third kappa shape index (κ3) is 1.76. The van der Waals surface area contributed by atoms with Crippen molar-refractivity contribution in [3.8, 4) is 0 Å². The van der Waals surface area contributed by atoms with Gasteiger partial charge in [0.25, 0.3) is 5.69 Å². The zero-order chi connectivity index (χ0) is 10.9. The Hall–Kier alpha value is -1.38. The Morgan fingerprint density at radius 1 is 1.29 bits per heavy atom. The summed E-state index contributed by atoms with van der Waals surface area (Å²) in [7, 11) is 0. The first-order chi connectivity index (χ1) is 6.45. The van der Waals surface area contributed by atoms with Crippen LogP contribution in [0.2, 0.25) is 0 Å². The predicted octanol–water partition coefficient (Wildman–Crippen LogP) is 3.34. The topological polar surface area (TPSA) is 43.1 Å². The van der Waals surface area contributed by atoms with Crippen molar-refractivity contribution in [2.45, 2.75) is 33.6 Å². The lowest BCUT2D eigenvalue weighted by Gasteiger charge is -2.10. The fourth-order valence-electron chi connectivity index (χ4n) is 1.76. The minimum atomic E-state index is -0.295. The van der Waals surface area contributed by atoms with Crippen LogP contribution in [0.3, 0.4) is 0 Å². The lowest BCUT2D eigenvalue weighted by atomic mass is 9.95. The van der Waals surface area contributed by atoms with Gasteiger partial charge in [-0.05, 0) is 25.3 Å². The van der Waals surface area contributed by atoms with Gasteiger partial charge in [0.2, 0.25) is 0 Å². The van der Waals surface area contributed by atoms with E-state index in [1.807, 2.05) is 32.9 Å². The zero-order valence-corrected chi connectivity index (χ0v) is 9.00. The molecule has 14 heavy (non-hydrogen) atoms. The van der Waals surface area contributed by atoms with E-state index in [9.17, 15) is 10.1 Å². The van der Waals surface area contributed by atoms with Crippen LogP contribution in [0.25, 0.3) is 0 Å². The molecule has 0 amide bonds. The molecule has 0 aliphatic rings. The van der Waals surface area contributed by atoms with Gasteiger partial charge in [-0.2, -0.15) is 0 Å². The second-order valence-electron chi connectivity index (χ2n) is 3.86. The van der Waals surface area contributed by atoms with Crippen molar-refractivity contribution in [1.29, 1.82) is 0 Å². The first kappa shape index (κ1) is 10.7. The van der Waals surface area contributed by atoms with Crippen LogP contribution >= 0.6 is 0 Å². The molecule has 1 aromatic carbocycles. The summed E-state index contributed by atoms with van der Waals surface area (Å²) < 4.78 is 0. The summed E-state index contributed by atoms with van der Waals surface area (Å²) in [4.78, 5) is 10.5. The molecule has 76 valence electrons. The maximum absolute atomic E-state index is 10.8. The molecule has 0 bridgehead atoms. The average Bonchev–Trinajstić information content (AvgIpc) is 2.02. The molecule has 3 heteroatoms. The van der Waals surface area contributed by atoms with Gasteiger partial charge in [-0.15, -0.1) is 0 Å². The van der Waals surface area contributed by atoms with Gasteiger partial charge in [-0.3, -0.25) is 10.1 Å². The van der Waals surface area contributed by atoms with Gasteiger partial charge < -0.3 is 0 Å². The molecule has 0 aliphatic carbocycles. The Labute approximate surface area is 83.9 Å². The summed E-state index contributed by atoms with van der Waals surface area (Å²) in [5, 5.41) is 10.8.